The van der Waals surface area contributed by atoms with Gasteiger partial charge in [-0.05, 0) is 37.7 Å². The normalized spacial score (nSPS) is 16.7. The Morgan fingerprint density at radius 1 is 1.48 bits per heavy atom. The molecule has 7 heteroatoms. The number of rotatable bonds is 7. The van der Waals surface area contributed by atoms with Crippen LogP contribution in [0.4, 0.5) is 5.00 Å². The third-order valence-electron chi connectivity index (χ3n) is 3.71. The minimum absolute atomic E-state index is 0.0528. The van der Waals surface area contributed by atoms with Crippen molar-refractivity contribution in [1.29, 1.82) is 0 Å². The van der Waals surface area contributed by atoms with Crippen LogP contribution in [0, 0.1) is 5.92 Å². The van der Waals surface area contributed by atoms with Crippen LogP contribution in [0.3, 0.4) is 0 Å². The number of carbonyl (C=O) groups is 2. The summed E-state index contributed by atoms with van der Waals surface area (Å²) in [6.07, 6.45) is 2.85. The Kier molecular flexibility index (Phi) is 6.92. The van der Waals surface area contributed by atoms with Gasteiger partial charge >= 0.3 is 5.97 Å². The maximum Gasteiger partial charge on any atom is 0.341 e. The fourth-order valence-electron chi connectivity index (χ4n) is 2.65. The van der Waals surface area contributed by atoms with Gasteiger partial charge in [-0.15, -0.1) is 23.1 Å². The molecule has 1 aliphatic carbocycles. The molecule has 0 aliphatic heterocycles. The van der Waals surface area contributed by atoms with Crippen LogP contribution in [0.25, 0.3) is 0 Å². The van der Waals surface area contributed by atoms with Gasteiger partial charge in [0.25, 0.3) is 0 Å². The van der Waals surface area contributed by atoms with Gasteiger partial charge in [0.15, 0.2) is 0 Å². The maximum atomic E-state index is 12.3. The lowest BCUT2D eigenvalue weighted by Crippen LogP contribution is -2.18. The van der Waals surface area contributed by atoms with E-state index < -0.39 is 0 Å². The van der Waals surface area contributed by atoms with Crippen molar-refractivity contribution in [3.05, 3.63) is 16.0 Å². The molecule has 0 saturated carbocycles. The van der Waals surface area contributed by atoms with E-state index in [9.17, 15) is 9.59 Å². The van der Waals surface area contributed by atoms with Crippen LogP contribution < -0.4 is 5.32 Å². The van der Waals surface area contributed by atoms with Gasteiger partial charge in [0, 0.05) is 10.6 Å². The molecule has 2 N–H and O–H groups in total. The number of carbonyl (C=O) groups excluding carboxylic acids is 2. The molecular formula is C16H23NO4S2. The van der Waals surface area contributed by atoms with Crippen LogP contribution in [0.15, 0.2) is 0 Å². The molecule has 23 heavy (non-hydrogen) atoms. The molecular weight excluding hydrogens is 334 g/mol. The van der Waals surface area contributed by atoms with Crippen molar-refractivity contribution in [2.45, 2.75) is 33.1 Å². The summed E-state index contributed by atoms with van der Waals surface area (Å²) >= 11 is 2.86. The van der Waals surface area contributed by atoms with E-state index in [0.29, 0.717) is 28.8 Å². The first kappa shape index (κ1) is 18.3. The number of ether oxygens (including phenoxy) is 1. The van der Waals surface area contributed by atoms with E-state index in [4.69, 9.17) is 9.84 Å². The summed E-state index contributed by atoms with van der Waals surface area (Å²) in [5, 5.41) is 12.2. The first-order valence-corrected chi connectivity index (χ1v) is 9.84. The lowest BCUT2D eigenvalue weighted by molar-refractivity contribution is -0.113. The number of esters is 1. The Balaban J connectivity index is 2.20. The monoisotopic (exact) mass is 357 g/mol. The molecule has 2 rings (SSSR count). The molecule has 1 amide bonds. The summed E-state index contributed by atoms with van der Waals surface area (Å²) in [5.41, 5.74) is 1.59. The van der Waals surface area contributed by atoms with Gasteiger partial charge in [-0.1, -0.05) is 6.92 Å². The van der Waals surface area contributed by atoms with E-state index >= 15 is 0 Å². The van der Waals surface area contributed by atoms with E-state index in [1.54, 1.807) is 6.92 Å². The number of fused-ring (bicyclic) bond motifs is 1. The van der Waals surface area contributed by atoms with Gasteiger partial charge in [0.2, 0.25) is 5.91 Å². The van der Waals surface area contributed by atoms with Crippen LogP contribution in [0.1, 0.15) is 41.1 Å². The third-order valence-corrected chi connectivity index (χ3v) is 5.82. The topological polar surface area (TPSA) is 75.6 Å². The molecule has 1 aliphatic rings. The minimum atomic E-state index is -0.349. The highest BCUT2D eigenvalue weighted by Crippen LogP contribution is 2.40. The average molecular weight is 357 g/mol. The second-order valence-corrected chi connectivity index (χ2v) is 7.81. The van der Waals surface area contributed by atoms with Crippen LogP contribution in [0.5, 0.6) is 0 Å². The summed E-state index contributed by atoms with van der Waals surface area (Å²) in [7, 11) is 0. The van der Waals surface area contributed by atoms with Crippen molar-refractivity contribution >= 4 is 40.0 Å². The second kappa shape index (κ2) is 8.70. The molecule has 0 fully saturated rings. The van der Waals surface area contributed by atoms with Crippen molar-refractivity contribution < 1.29 is 19.4 Å². The summed E-state index contributed by atoms with van der Waals surface area (Å²) in [4.78, 5) is 25.5. The van der Waals surface area contributed by atoms with Crippen molar-refractivity contribution in [2.75, 3.05) is 30.0 Å². The third kappa shape index (κ3) is 4.71. The largest absolute Gasteiger partial charge is 0.462 e. The van der Waals surface area contributed by atoms with E-state index in [2.05, 4.69) is 12.2 Å². The second-order valence-electron chi connectivity index (χ2n) is 5.60. The van der Waals surface area contributed by atoms with E-state index in [1.165, 1.54) is 28.0 Å². The van der Waals surface area contributed by atoms with Gasteiger partial charge in [-0.25, -0.2) is 4.79 Å². The number of anilines is 1. The summed E-state index contributed by atoms with van der Waals surface area (Å²) in [6.45, 7) is 4.36. The smallest absolute Gasteiger partial charge is 0.341 e. The zero-order chi connectivity index (χ0) is 16.8. The van der Waals surface area contributed by atoms with Crippen molar-refractivity contribution in [2.24, 2.45) is 5.92 Å². The highest BCUT2D eigenvalue weighted by Gasteiger charge is 2.29. The Morgan fingerprint density at radius 2 is 2.26 bits per heavy atom. The Hall–Kier alpha value is -1.05. The quantitative estimate of drug-likeness (QED) is 0.580. The van der Waals surface area contributed by atoms with Gasteiger partial charge < -0.3 is 15.2 Å². The SMILES string of the molecule is CCOC(=O)c1c(NC(=O)CSCCO)sc2c1CC[C@@H](C)C2. The number of aliphatic hydroxyl groups is 1. The highest BCUT2D eigenvalue weighted by atomic mass is 32.2. The number of thiophene rings is 1. The van der Waals surface area contributed by atoms with E-state index in [0.717, 1.165) is 24.8 Å². The van der Waals surface area contributed by atoms with E-state index in [-0.39, 0.29) is 24.2 Å². The molecule has 1 aromatic rings. The molecule has 0 saturated heterocycles. The zero-order valence-corrected chi connectivity index (χ0v) is 15.1. The summed E-state index contributed by atoms with van der Waals surface area (Å²) < 4.78 is 5.18. The van der Waals surface area contributed by atoms with Crippen LogP contribution in [0.2, 0.25) is 0 Å². The Morgan fingerprint density at radius 3 is 2.96 bits per heavy atom. The predicted octanol–water partition coefficient (Wildman–Crippen LogP) is 2.71. The standard InChI is InChI=1S/C16H23NO4S2/c1-3-21-16(20)14-11-5-4-10(2)8-12(11)23-15(14)17-13(19)9-22-7-6-18/h10,18H,3-9H2,1-2H3,(H,17,19)/t10-/m1/s1. The molecule has 0 radical (unpaired) electrons. The summed E-state index contributed by atoms with van der Waals surface area (Å²) in [6, 6.07) is 0. The Bertz CT molecular complexity index is 571. The first-order valence-electron chi connectivity index (χ1n) is 7.86. The molecule has 1 atom stereocenters. The highest BCUT2D eigenvalue weighted by molar-refractivity contribution is 7.99. The molecule has 1 heterocycles. The zero-order valence-electron chi connectivity index (χ0n) is 13.5. The molecule has 0 spiro atoms. The predicted molar refractivity (Wildman–Crippen MR) is 94.5 cm³/mol. The van der Waals surface area contributed by atoms with Crippen molar-refractivity contribution in [3.63, 3.8) is 0 Å². The van der Waals surface area contributed by atoms with Gasteiger partial charge in [-0.3, -0.25) is 4.79 Å². The number of hydrogen-bond donors (Lipinski definition) is 2. The number of nitrogens with one attached hydrogen (secondary N) is 1. The van der Waals surface area contributed by atoms with Crippen LogP contribution in [-0.4, -0.2) is 41.7 Å². The van der Waals surface area contributed by atoms with Gasteiger partial charge in [0.05, 0.1) is 24.5 Å². The summed E-state index contributed by atoms with van der Waals surface area (Å²) in [5.74, 6) is 0.886. The van der Waals surface area contributed by atoms with Crippen LogP contribution >= 0.6 is 23.1 Å². The number of aliphatic hydroxyl groups excluding tert-OH is 1. The molecule has 0 unspecified atom stereocenters. The van der Waals surface area contributed by atoms with Gasteiger partial charge in [-0.2, -0.15) is 0 Å². The van der Waals surface area contributed by atoms with Crippen LogP contribution in [-0.2, 0) is 22.4 Å². The molecule has 0 aromatic carbocycles. The molecule has 5 nitrogen and oxygen atoms in total. The molecule has 0 bridgehead atoms. The number of thioether (sulfide) groups is 1. The van der Waals surface area contributed by atoms with E-state index in [1.807, 2.05) is 0 Å². The molecule has 1 aromatic heterocycles. The average Bonchev–Trinajstić information content (AvgIpc) is 2.84. The fraction of sp³-hybridized carbons (Fsp3) is 0.625. The van der Waals surface area contributed by atoms with Crippen molar-refractivity contribution in [1.82, 2.24) is 0 Å². The Labute approximate surface area is 144 Å². The van der Waals surface area contributed by atoms with Gasteiger partial charge in [0.1, 0.15) is 5.00 Å². The maximum absolute atomic E-state index is 12.3. The lowest BCUT2D eigenvalue weighted by atomic mass is 9.88. The number of amides is 1. The fourth-order valence-corrected chi connectivity index (χ4v) is 4.60. The van der Waals surface area contributed by atoms with Crippen molar-refractivity contribution in [3.8, 4) is 0 Å². The first-order chi connectivity index (χ1) is 11.1. The number of hydrogen-bond acceptors (Lipinski definition) is 6. The lowest BCUT2D eigenvalue weighted by Gasteiger charge is -2.18. The minimum Gasteiger partial charge on any atom is -0.462 e. The molecule has 128 valence electrons.